The summed E-state index contributed by atoms with van der Waals surface area (Å²) < 4.78 is 29.3. The summed E-state index contributed by atoms with van der Waals surface area (Å²) in [6.45, 7) is -0.369. The first-order valence-corrected chi connectivity index (χ1v) is 13.2. The smallest absolute Gasteiger partial charge is 0.253 e. The Hall–Kier alpha value is -3.92. The molecule has 2 heterocycles. The molecule has 2 aromatic heterocycles. The molecular formula is C29H29F2N5O3. The number of benzene rings is 1. The molecule has 3 aromatic rings. The highest BCUT2D eigenvalue weighted by atomic mass is 19.1. The number of aliphatic hydroxyl groups is 1. The second-order valence-electron chi connectivity index (χ2n) is 10.9. The Bertz CT molecular complexity index is 1500. The second kappa shape index (κ2) is 9.37. The van der Waals surface area contributed by atoms with Crippen LogP contribution >= 0.6 is 0 Å². The molecule has 10 heteroatoms. The molecule has 2 fully saturated rings. The highest BCUT2D eigenvalue weighted by molar-refractivity contribution is 5.97. The molecule has 1 aromatic carbocycles. The predicted octanol–water partition coefficient (Wildman–Crippen LogP) is 3.25. The summed E-state index contributed by atoms with van der Waals surface area (Å²) in [4.78, 5) is 27.9. The van der Waals surface area contributed by atoms with E-state index in [0.29, 0.717) is 30.9 Å². The van der Waals surface area contributed by atoms with Crippen molar-refractivity contribution in [3.63, 3.8) is 0 Å². The average Bonchev–Trinajstić information content (AvgIpc) is 3.64. The van der Waals surface area contributed by atoms with Gasteiger partial charge in [-0.15, -0.1) is 0 Å². The van der Waals surface area contributed by atoms with E-state index in [1.807, 2.05) is 10.9 Å². The minimum atomic E-state index is -1.05. The van der Waals surface area contributed by atoms with Gasteiger partial charge in [-0.2, -0.15) is 5.10 Å². The van der Waals surface area contributed by atoms with Gasteiger partial charge in [-0.3, -0.25) is 14.6 Å². The molecule has 0 radical (unpaired) electrons. The van der Waals surface area contributed by atoms with Gasteiger partial charge in [0.05, 0.1) is 47.2 Å². The third-order valence-corrected chi connectivity index (χ3v) is 8.60. The van der Waals surface area contributed by atoms with Crippen LogP contribution in [0.2, 0.25) is 0 Å². The van der Waals surface area contributed by atoms with Crippen LogP contribution in [0.4, 0.5) is 8.78 Å². The van der Waals surface area contributed by atoms with Crippen LogP contribution in [0.5, 0.6) is 0 Å². The van der Waals surface area contributed by atoms with Crippen LogP contribution in [-0.4, -0.2) is 43.8 Å². The number of aryl methyl sites for hydroxylation is 1. The monoisotopic (exact) mass is 533 g/mol. The molecule has 0 aliphatic heterocycles. The Morgan fingerprint density at radius 3 is 2.64 bits per heavy atom. The lowest BCUT2D eigenvalue weighted by Gasteiger charge is -2.46. The Balaban J connectivity index is 1.30. The summed E-state index contributed by atoms with van der Waals surface area (Å²) in [5, 5.41) is 19.3. The molecular weight excluding hydrogens is 504 g/mol. The lowest BCUT2D eigenvalue weighted by atomic mass is 9.61. The highest BCUT2D eigenvalue weighted by Crippen LogP contribution is 2.66. The van der Waals surface area contributed by atoms with E-state index in [9.17, 15) is 23.5 Å². The minimum absolute atomic E-state index is 0.0283. The van der Waals surface area contributed by atoms with Gasteiger partial charge in [-0.05, 0) is 92.8 Å². The lowest BCUT2D eigenvalue weighted by Crippen LogP contribution is -2.49. The maximum absolute atomic E-state index is 14.0. The van der Waals surface area contributed by atoms with Crippen LogP contribution in [0, 0.1) is 23.0 Å². The molecule has 202 valence electrons. The number of aromatic nitrogens is 3. The molecule has 6 rings (SSSR count). The number of hydrogen-bond acceptors (Lipinski definition) is 5. The van der Waals surface area contributed by atoms with Crippen LogP contribution in [0.3, 0.4) is 0 Å². The number of halogens is 2. The van der Waals surface area contributed by atoms with Crippen molar-refractivity contribution < 1.29 is 23.5 Å². The number of rotatable bonds is 8. The molecule has 0 bridgehead atoms. The van der Waals surface area contributed by atoms with Crippen molar-refractivity contribution in [3.8, 4) is 5.69 Å². The molecule has 2 atom stereocenters. The number of carbonyl (C=O) groups excluding carboxylic acids is 2. The Morgan fingerprint density at radius 1 is 1.15 bits per heavy atom. The Kier molecular flexibility index (Phi) is 6.10. The van der Waals surface area contributed by atoms with Crippen molar-refractivity contribution in [2.45, 2.75) is 50.5 Å². The number of nitrogens with one attached hydrogen (secondary N) is 1. The number of nitrogens with two attached hydrogens (primary N) is 1. The zero-order chi connectivity index (χ0) is 27.4. The fourth-order valence-electron chi connectivity index (χ4n) is 6.66. The Morgan fingerprint density at radius 2 is 1.92 bits per heavy atom. The molecule has 3 aliphatic rings. The van der Waals surface area contributed by atoms with E-state index < -0.39 is 28.6 Å². The summed E-state index contributed by atoms with van der Waals surface area (Å²) in [6.07, 6.45) is 9.61. The summed E-state index contributed by atoms with van der Waals surface area (Å²) in [6, 6.07) is 7.31. The normalized spacial score (nSPS) is 23.6. The Labute approximate surface area is 223 Å². The first kappa shape index (κ1) is 25.4. The summed E-state index contributed by atoms with van der Waals surface area (Å²) in [5.74, 6) is -1.99. The standard InChI is InChI=1S/C29H29F2N5O3/c30-20-3-5-22(6-4-20)36-25-11-19-7-9-28(39,29(19,18-1-2-18)13-17(25)14-35-36)10-8-24-23(12-21(31)15-33-24)27(38)34-16-26(32)37/h3-6,11-12,14-15,18,39H,1-2,7-10,13,16H2,(H2,32,37)(H,34,38)/t28-,29-/m1/s1. The van der Waals surface area contributed by atoms with Crippen molar-refractivity contribution in [1.29, 1.82) is 0 Å². The third-order valence-electron chi connectivity index (χ3n) is 8.60. The maximum Gasteiger partial charge on any atom is 0.253 e. The van der Waals surface area contributed by atoms with E-state index in [1.54, 1.807) is 12.1 Å². The molecule has 0 unspecified atom stereocenters. The average molecular weight is 534 g/mol. The number of fused-ring (bicyclic) bond motifs is 2. The molecule has 0 spiro atoms. The second-order valence-corrected chi connectivity index (χ2v) is 10.9. The lowest BCUT2D eigenvalue weighted by molar-refractivity contribution is -0.117. The van der Waals surface area contributed by atoms with E-state index in [4.69, 9.17) is 5.73 Å². The van der Waals surface area contributed by atoms with Crippen molar-refractivity contribution in [2.24, 2.45) is 17.1 Å². The van der Waals surface area contributed by atoms with Gasteiger partial charge in [0.25, 0.3) is 5.91 Å². The van der Waals surface area contributed by atoms with E-state index in [1.165, 1.54) is 17.7 Å². The van der Waals surface area contributed by atoms with Crippen molar-refractivity contribution in [1.82, 2.24) is 20.1 Å². The highest BCUT2D eigenvalue weighted by Gasteiger charge is 2.63. The number of amides is 2. The summed E-state index contributed by atoms with van der Waals surface area (Å²) in [5.41, 5.74) is 7.95. The van der Waals surface area contributed by atoms with Crippen molar-refractivity contribution in [3.05, 3.63) is 82.4 Å². The van der Waals surface area contributed by atoms with E-state index in [-0.39, 0.29) is 24.3 Å². The number of carbonyl (C=O) groups is 2. The molecule has 8 nitrogen and oxygen atoms in total. The van der Waals surface area contributed by atoms with Gasteiger partial charge in [0.15, 0.2) is 0 Å². The quantitative estimate of drug-likeness (QED) is 0.410. The minimum Gasteiger partial charge on any atom is -0.389 e. The van der Waals surface area contributed by atoms with Gasteiger partial charge in [0.1, 0.15) is 11.6 Å². The van der Waals surface area contributed by atoms with E-state index in [0.717, 1.165) is 48.5 Å². The van der Waals surface area contributed by atoms with Crippen molar-refractivity contribution in [2.75, 3.05) is 6.54 Å². The zero-order valence-corrected chi connectivity index (χ0v) is 21.3. The fraction of sp³-hybridized carbons (Fsp3) is 0.379. The molecule has 0 saturated heterocycles. The van der Waals surface area contributed by atoms with Crippen LogP contribution in [-0.2, 0) is 17.6 Å². The number of primary amides is 1. The van der Waals surface area contributed by atoms with Crippen LogP contribution < -0.4 is 11.1 Å². The van der Waals surface area contributed by atoms with Crippen molar-refractivity contribution >= 4 is 17.9 Å². The molecule has 39 heavy (non-hydrogen) atoms. The summed E-state index contributed by atoms with van der Waals surface area (Å²) >= 11 is 0. The van der Waals surface area contributed by atoms with Crippen LogP contribution in [0.1, 0.15) is 59.4 Å². The van der Waals surface area contributed by atoms with Gasteiger partial charge < -0.3 is 16.2 Å². The predicted molar refractivity (Wildman–Crippen MR) is 139 cm³/mol. The molecule has 3 aliphatic carbocycles. The van der Waals surface area contributed by atoms with Gasteiger partial charge in [0, 0.05) is 5.41 Å². The van der Waals surface area contributed by atoms with E-state index in [2.05, 4.69) is 21.5 Å². The number of pyridine rings is 1. The zero-order valence-electron chi connectivity index (χ0n) is 21.3. The molecule has 4 N–H and O–H groups in total. The first-order chi connectivity index (χ1) is 18.7. The maximum atomic E-state index is 14.0. The van der Waals surface area contributed by atoms with Gasteiger partial charge in [-0.1, -0.05) is 5.57 Å². The number of nitrogens with zero attached hydrogens (tertiary/aromatic N) is 3. The van der Waals surface area contributed by atoms with E-state index >= 15 is 0 Å². The fourth-order valence-corrected chi connectivity index (χ4v) is 6.66. The third kappa shape index (κ3) is 4.32. The first-order valence-electron chi connectivity index (χ1n) is 13.2. The SMILES string of the molecule is NC(=O)CNC(=O)c1cc(F)cnc1CC[C@]1(O)CCC2=Cc3c(cnn3-c3ccc(F)cc3)C[C@@]21C1CC1. The largest absolute Gasteiger partial charge is 0.389 e. The summed E-state index contributed by atoms with van der Waals surface area (Å²) in [7, 11) is 0. The molecule has 2 saturated carbocycles. The van der Waals surface area contributed by atoms with Crippen LogP contribution in [0.25, 0.3) is 11.8 Å². The number of hydrogen-bond donors (Lipinski definition) is 3. The van der Waals surface area contributed by atoms with Crippen LogP contribution in [0.15, 0.2) is 48.3 Å². The van der Waals surface area contributed by atoms with Gasteiger partial charge in [0.2, 0.25) is 5.91 Å². The topological polar surface area (TPSA) is 123 Å². The van der Waals surface area contributed by atoms with Gasteiger partial charge >= 0.3 is 0 Å². The van der Waals surface area contributed by atoms with Gasteiger partial charge in [-0.25, -0.2) is 13.5 Å². The molecule has 2 amide bonds.